The summed E-state index contributed by atoms with van der Waals surface area (Å²) in [5.41, 5.74) is 3.68. The molecule has 0 aromatic heterocycles. The first-order chi connectivity index (χ1) is 16.4. The molecule has 1 aliphatic carbocycles. The number of aliphatic hydroxyl groups is 1. The standard InChI is InChI=1S/C29H38F2N2O2/c1-19-9-11-29(12-10-19,23-8-6-7-22(16-23)28(3,4)5)32-18-27(35)26(33-20(2)34)15-21-13-24(30)17-25(31)14-21/h6-8,13-14,16-17,26-27,32,35H,1,9-12,15,18H2,2-5H3,(H,33,34)/t26?,27-/m1/s1. The van der Waals surface area contributed by atoms with Gasteiger partial charge in [0, 0.05) is 25.1 Å². The Balaban J connectivity index is 1.83. The molecule has 0 saturated heterocycles. The Hall–Kier alpha value is -2.57. The van der Waals surface area contributed by atoms with Crippen LogP contribution in [0.4, 0.5) is 8.78 Å². The molecule has 0 aliphatic heterocycles. The number of halogens is 2. The summed E-state index contributed by atoms with van der Waals surface area (Å²) < 4.78 is 27.4. The molecular weight excluding hydrogens is 446 g/mol. The molecule has 4 nitrogen and oxygen atoms in total. The number of nitrogens with one attached hydrogen (secondary N) is 2. The fourth-order valence-corrected chi connectivity index (χ4v) is 4.85. The van der Waals surface area contributed by atoms with E-state index in [2.05, 4.69) is 62.2 Å². The van der Waals surface area contributed by atoms with E-state index in [1.165, 1.54) is 35.8 Å². The van der Waals surface area contributed by atoms with Crippen LogP contribution in [0.15, 0.2) is 54.6 Å². The van der Waals surface area contributed by atoms with Crippen molar-refractivity contribution in [1.82, 2.24) is 10.6 Å². The Labute approximate surface area is 207 Å². The van der Waals surface area contributed by atoms with Crippen LogP contribution in [-0.4, -0.2) is 29.7 Å². The van der Waals surface area contributed by atoms with Gasteiger partial charge in [-0.3, -0.25) is 4.79 Å². The van der Waals surface area contributed by atoms with E-state index in [9.17, 15) is 18.7 Å². The van der Waals surface area contributed by atoms with Crippen molar-refractivity contribution >= 4 is 5.91 Å². The van der Waals surface area contributed by atoms with Crippen molar-refractivity contribution in [2.45, 2.75) is 82.9 Å². The van der Waals surface area contributed by atoms with E-state index in [-0.39, 0.29) is 29.8 Å². The van der Waals surface area contributed by atoms with Gasteiger partial charge in [-0.1, -0.05) is 57.2 Å². The zero-order valence-electron chi connectivity index (χ0n) is 21.3. The Kier molecular flexibility index (Phi) is 8.50. The third-order valence-corrected chi connectivity index (χ3v) is 6.97. The highest BCUT2D eigenvalue weighted by molar-refractivity contribution is 5.73. The minimum atomic E-state index is -0.960. The van der Waals surface area contributed by atoms with Crippen LogP contribution in [0.3, 0.4) is 0 Å². The fourth-order valence-electron chi connectivity index (χ4n) is 4.85. The van der Waals surface area contributed by atoms with Crippen molar-refractivity contribution in [3.05, 3.63) is 82.9 Å². The highest BCUT2D eigenvalue weighted by atomic mass is 19.1. The van der Waals surface area contributed by atoms with Crippen molar-refractivity contribution in [3.63, 3.8) is 0 Å². The molecule has 1 saturated carbocycles. The number of hydrogen-bond donors (Lipinski definition) is 3. The molecule has 2 aromatic carbocycles. The van der Waals surface area contributed by atoms with Crippen LogP contribution in [0.1, 0.15) is 70.1 Å². The van der Waals surface area contributed by atoms with Gasteiger partial charge in [-0.25, -0.2) is 8.78 Å². The first-order valence-corrected chi connectivity index (χ1v) is 12.3. The molecule has 1 fully saturated rings. The molecule has 3 N–H and O–H groups in total. The zero-order valence-corrected chi connectivity index (χ0v) is 21.3. The van der Waals surface area contributed by atoms with E-state index < -0.39 is 23.8 Å². The minimum Gasteiger partial charge on any atom is -0.390 e. The number of allylic oxidation sites excluding steroid dienone is 1. The predicted molar refractivity (Wildman–Crippen MR) is 136 cm³/mol. The van der Waals surface area contributed by atoms with Crippen LogP contribution in [0, 0.1) is 11.6 Å². The fraction of sp³-hybridized carbons (Fsp3) is 0.483. The van der Waals surface area contributed by atoms with Crippen LogP contribution >= 0.6 is 0 Å². The normalized spacial score (nSPS) is 17.6. The van der Waals surface area contributed by atoms with E-state index in [0.29, 0.717) is 5.56 Å². The summed E-state index contributed by atoms with van der Waals surface area (Å²) in [6.45, 7) is 12.3. The van der Waals surface area contributed by atoms with E-state index in [4.69, 9.17) is 0 Å². The lowest BCUT2D eigenvalue weighted by Gasteiger charge is -2.41. The maximum Gasteiger partial charge on any atom is 0.217 e. The largest absolute Gasteiger partial charge is 0.390 e. The van der Waals surface area contributed by atoms with Crippen LogP contribution in [0.2, 0.25) is 0 Å². The lowest BCUT2D eigenvalue weighted by Crippen LogP contribution is -2.53. The molecule has 0 spiro atoms. The summed E-state index contributed by atoms with van der Waals surface area (Å²) in [7, 11) is 0. The maximum atomic E-state index is 13.7. The van der Waals surface area contributed by atoms with Gasteiger partial charge < -0.3 is 15.7 Å². The molecule has 0 heterocycles. The third-order valence-electron chi connectivity index (χ3n) is 6.97. The van der Waals surface area contributed by atoms with Gasteiger partial charge in [0.25, 0.3) is 0 Å². The second kappa shape index (κ2) is 11.0. The SMILES string of the molecule is C=C1CCC(NC[C@@H](O)C(Cc2cc(F)cc(F)c2)NC(C)=O)(c2cccc(C(C)(C)C)c2)CC1. The van der Waals surface area contributed by atoms with Gasteiger partial charge in [0.2, 0.25) is 5.91 Å². The Morgan fingerprint density at radius 3 is 2.31 bits per heavy atom. The molecule has 190 valence electrons. The van der Waals surface area contributed by atoms with Gasteiger partial charge in [0.05, 0.1) is 12.1 Å². The van der Waals surface area contributed by atoms with Crippen LogP contribution in [0.25, 0.3) is 0 Å². The third kappa shape index (κ3) is 7.21. The van der Waals surface area contributed by atoms with E-state index in [1.807, 2.05) is 0 Å². The second-order valence-electron chi connectivity index (χ2n) is 10.9. The quantitative estimate of drug-likeness (QED) is 0.447. The minimum absolute atomic E-state index is 0.00567. The van der Waals surface area contributed by atoms with Crippen molar-refractivity contribution in [2.24, 2.45) is 0 Å². The van der Waals surface area contributed by atoms with Gasteiger partial charge >= 0.3 is 0 Å². The van der Waals surface area contributed by atoms with Crippen molar-refractivity contribution < 1.29 is 18.7 Å². The van der Waals surface area contributed by atoms with Gasteiger partial charge in [-0.05, 0) is 66.3 Å². The monoisotopic (exact) mass is 484 g/mol. The summed E-state index contributed by atoms with van der Waals surface area (Å²) in [5.74, 6) is -1.68. The van der Waals surface area contributed by atoms with Crippen molar-refractivity contribution in [1.29, 1.82) is 0 Å². The summed E-state index contributed by atoms with van der Waals surface area (Å²) in [6.07, 6.45) is 2.64. The first kappa shape index (κ1) is 27.0. The number of rotatable bonds is 8. The molecular formula is C29H38F2N2O2. The second-order valence-corrected chi connectivity index (χ2v) is 10.9. The van der Waals surface area contributed by atoms with Crippen LogP contribution in [0.5, 0.6) is 0 Å². The molecule has 1 unspecified atom stereocenters. The first-order valence-electron chi connectivity index (χ1n) is 12.3. The molecule has 3 rings (SSSR count). The highest BCUT2D eigenvalue weighted by Crippen LogP contribution is 2.40. The Morgan fingerprint density at radius 1 is 1.11 bits per heavy atom. The number of aliphatic hydroxyl groups excluding tert-OH is 1. The molecule has 35 heavy (non-hydrogen) atoms. The lowest BCUT2D eigenvalue weighted by molar-refractivity contribution is -0.120. The molecule has 1 aliphatic rings. The van der Waals surface area contributed by atoms with E-state index >= 15 is 0 Å². The van der Waals surface area contributed by atoms with E-state index in [1.54, 1.807) is 0 Å². The number of benzene rings is 2. The van der Waals surface area contributed by atoms with Crippen molar-refractivity contribution in [3.8, 4) is 0 Å². The van der Waals surface area contributed by atoms with Gasteiger partial charge in [-0.2, -0.15) is 0 Å². The Bertz CT molecular complexity index is 1030. The maximum absolute atomic E-state index is 13.7. The van der Waals surface area contributed by atoms with Crippen LogP contribution < -0.4 is 10.6 Å². The number of carbonyl (C=O) groups excluding carboxylic acids is 1. The van der Waals surface area contributed by atoms with Gasteiger partial charge in [0.15, 0.2) is 0 Å². The van der Waals surface area contributed by atoms with Gasteiger partial charge in [0.1, 0.15) is 11.6 Å². The summed E-state index contributed by atoms with van der Waals surface area (Å²) in [5, 5.41) is 17.5. The number of carbonyl (C=O) groups is 1. The molecule has 1 amide bonds. The molecule has 2 atom stereocenters. The van der Waals surface area contributed by atoms with E-state index in [0.717, 1.165) is 31.7 Å². The summed E-state index contributed by atoms with van der Waals surface area (Å²) in [6, 6.07) is 11.2. The average Bonchev–Trinajstić information content (AvgIpc) is 2.77. The lowest BCUT2D eigenvalue weighted by atomic mass is 9.73. The molecule has 0 bridgehead atoms. The smallest absolute Gasteiger partial charge is 0.217 e. The molecule has 0 radical (unpaired) electrons. The van der Waals surface area contributed by atoms with Crippen molar-refractivity contribution in [2.75, 3.05) is 6.54 Å². The predicted octanol–water partition coefficient (Wildman–Crippen LogP) is 5.29. The number of hydrogen-bond acceptors (Lipinski definition) is 3. The summed E-state index contributed by atoms with van der Waals surface area (Å²) in [4.78, 5) is 11.8. The Morgan fingerprint density at radius 2 is 1.74 bits per heavy atom. The zero-order chi connectivity index (χ0) is 25.8. The highest BCUT2D eigenvalue weighted by Gasteiger charge is 2.36. The average molecular weight is 485 g/mol. The van der Waals surface area contributed by atoms with Gasteiger partial charge in [-0.15, -0.1) is 0 Å². The number of amides is 1. The summed E-state index contributed by atoms with van der Waals surface area (Å²) >= 11 is 0. The topological polar surface area (TPSA) is 61.4 Å². The molecule has 6 heteroatoms. The van der Waals surface area contributed by atoms with Crippen LogP contribution in [-0.2, 0) is 22.2 Å². The molecule has 2 aromatic rings.